The Bertz CT molecular complexity index is 611. The molecule has 0 fully saturated rings. The minimum absolute atomic E-state index is 0.00984. The number of benzene rings is 1. The number of methoxy groups -OCH3 is 1. The molecule has 1 heterocycles. The average Bonchev–Trinajstić information content (AvgIpc) is 2.52. The number of hydrogen-bond acceptors (Lipinski definition) is 4. The van der Waals surface area contributed by atoms with Crippen molar-refractivity contribution in [2.24, 2.45) is 0 Å². The Morgan fingerprint density at radius 1 is 1.24 bits per heavy atom. The Balaban J connectivity index is 2.40. The summed E-state index contributed by atoms with van der Waals surface area (Å²) in [6, 6.07) is 9.66. The Labute approximate surface area is 125 Å². The fourth-order valence-corrected chi connectivity index (χ4v) is 2.38. The fraction of sp³-hybridized carbons (Fsp3) is 0.294. The number of hydrogen-bond donors (Lipinski definition) is 0. The predicted octanol–water partition coefficient (Wildman–Crippen LogP) is 3.32. The lowest BCUT2D eigenvalue weighted by Gasteiger charge is -2.26. The smallest absolute Gasteiger partial charge is 0.165 e. The number of pyridine rings is 1. The van der Waals surface area contributed by atoms with Crippen LogP contribution in [0.25, 0.3) is 0 Å². The molecule has 0 aliphatic heterocycles. The van der Waals surface area contributed by atoms with Crippen molar-refractivity contribution in [3.05, 3.63) is 53.9 Å². The van der Waals surface area contributed by atoms with E-state index in [1.54, 1.807) is 26.4 Å². The van der Waals surface area contributed by atoms with E-state index >= 15 is 0 Å². The van der Waals surface area contributed by atoms with Crippen molar-refractivity contribution in [3.63, 3.8) is 0 Å². The second-order valence-electron chi connectivity index (χ2n) is 4.78. The molecule has 0 spiro atoms. The molecule has 0 unspecified atom stereocenters. The molecular formula is C17H20N2O2. The van der Waals surface area contributed by atoms with Gasteiger partial charge in [-0.3, -0.25) is 9.78 Å². The van der Waals surface area contributed by atoms with Gasteiger partial charge in [-0.15, -0.1) is 0 Å². The third-order valence-electron chi connectivity index (χ3n) is 3.42. The molecular weight excluding hydrogens is 264 g/mol. The first-order chi connectivity index (χ1) is 10.2. The van der Waals surface area contributed by atoms with Crippen molar-refractivity contribution < 1.29 is 9.53 Å². The standard InChI is InChI=1S/C17H20N2O2/c1-4-19(12-14-8-10-18-11-9-14)15-6-5-7-16(21-3)17(15)13(2)20/h5-11H,4,12H2,1-3H3. The molecule has 4 nitrogen and oxygen atoms in total. The van der Waals surface area contributed by atoms with E-state index < -0.39 is 0 Å². The third-order valence-corrected chi connectivity index (χ3v) is 3.42. The van der Waals surface area contributed by atoms with E-state index in [-0.39, 0.29) is 5.78 Å². The number of Topliss-reactive ketones (excluding diaryl/α,β-unsaturated/α-hetero) is 1. The molecule has 21 heavy (non-hydrogen) atoms. The summed E-state index contributed by atoms with van der Waals surface area (Å²) in [7, 11) is 1.59. The highest BCUT2D eigenvalue weighted by molar-refractivity contribution is 6.02. The van der Waals surface area contributed by atoms with E-state index in [1.807, 2.05) is 30.3 Å². The normalized spacial score (nSPS) is 10.2. The summed E-state index contributed by atoms with van der Waals surface area (Å²) in [4.78, 5) is 18.2. The number of ketones is 1. The molecule has 0 aliphatic carbocycles. The third kappa shape index (κ3) is 3.40. The first-order valence-corrected chi connectivity index (χ1v) is 6.99. The number of anilines is 1. The van der Waals surface area contributed by atoms with Gasteiger partial charge in [0, 0.05) is 25.5 Å². The summed E-state index contributed by atoms with van der Waals surface area (Å²) < 4.78 is 5.33. The van der Waals surface area contributed by atoms with Crippen LogP contribution in [0.5, 0.6) is 5.75 Å². The zero-order valence-electron chi connectivity index (χ0n) is 12.7. The minimum atomic E-state index is 0.00984. The van der Waals surface area contributed by atoms with Gasteiger partial charge in [0.15, 0.2) is 5.78 Å². The highest BCUT2D eigenvalue weighted by Gasteiger charge is 2.17. The Kier molecular flexibility index (Phi) is 4.93. The molecule has 0 amide bonds. The lowest BCUT2D eigenvalue weighted by atomic mass is 10.1. The molecule has 0 aliphatic rings. The predicted molar refractivity (Wildman–Crippen MR) is 84.0 cm³/mol. The molecule has 0 radical (unpaired) electrons. The van der Waals surface area contributed by atoms with Crippen molar-refractivity contribution in [1.29, 1.82) is 0 Å². The molecule has 110 valence electrons. The number of rotatable bonds is 6. The lowest BCUT2D eigenvalue weighted by molar-refractivity contribution is 0.101. The number of carbonyl (C=O) groups is 1. The van der Waals surface area contributed by atoms with Gasteiger partial charge in [-0.05, 0) is 43.7 Å². The maximum absolute atomic E-state index is 12.0. The molecule has 2 aromatic rings. The molecule has 0 saturated carbocycles. The van der Waals surface area contributed by atoms with Gasteiger partial charge in [-0.1, -0.05) is 6.07 Å². The van der Waals surface area contributed by atoms with Crippen LogP contribution in [0.15, 0.2) is 42.7 Å². The van der Waals surface area contributed by atoms with Crippen LogP contribution in [0, 0.1) is 0 Å². The van der Waals surface area contributed by atoms with Gasteiger partial charge in [-0.25, -0.2) is 0 Å². The second kappa shape index (κ2) is 6.88. The summed E-state index contributed by atoms with van der Waals surface area (Å²) in [5.74, 6) is 0.629. The van der Waals surface area contributed by atoms with E-state index in [9.17, 15) is 4.79 Å². The fourth-order valence-electron chi connectivity index (χ4n) is 2.38. The summed E-state index contributed by atoms with van der Waals surface area (Å²) in [5, 5.41) is 0. The molecule has 4 heteroatoms. The van der Waals surface area contributed by atoms with Gasteiger partial charge < -0.3 is 9.64 Å². The van der Waals surface area contributed by atoms with Crippen LogP contribution < -0.4 is 9.64 Å². The van der Waals surface area contributed by atoms with Gasteiger partial charge in [0.05, 0.1) is 18.4 Å². The van der Waals surface area contributed by atoms with Crippen LogP contribution in [-0.2, 0) is 6.54 Å². The van der Waals surface area contributed by atoms with Crippen molar-refractivity contribution in [3.8, 4) is 5.75 Å². The first-order valence-electron chi connectivity index (χ1n) is 6.99. The molecule has 0 atom stereocenters. The molecule has 1 aromatic carbocycles. The topological polar surface area (TPSA) is 42.4 Å². The van der Waals surface area contributed by atoms with E-state index in [1.165, 1.54) is 0 Å². The first kappa shape index (κ1) is 15.0. The number of aromatic nitrogens is 1. The van der Waals surface area contributed by atoms with E-state index in [0.29, 0.717) is 11.3 Å². The molecule has 0 N–H and O–H groups in total. The average molecular weight is 284 g/mol. The summed E-state index contributed by atoms with van der Waals surface area (Å²) in [6.07, 6.45) is 3.56. The monoisotopic (exact) mass is 284 g/mol. The summed E-state index contributed by atoms with van der Waals surface area (Å²) >= 11 is 0. The van der Waals surface area contributed by atoms with Crippen LogP contribution in [0.4, 0.5) is 5.69 Å². The van der Waals surface area contributed by atoms with Crippen LogP contribution in [-0.4, -0.2) is 24.4 Å². The van der Waals surface area contributed by atoms with Crippen LogP contribution in [0.2, 0.25) is 0 Å². The zero-order valence-corrected chi connectivity index (χ0v) is 12.7. The van der Waals surface area contributed by atoms with E-state index in [2.05, 4.69) is 16.8 Å². The largest absolute Gasteiger partial charge is 0.496 e. The van der Waals surface area contributed by atoms with Crippen LogP contribution >= 0.6 is 0 Å². The SMILES string of the molecule is CCN(Cc1ccncc1)c1cccc(OC)c1C(C)=O. The lowest BCUT2D eigenvalue weighted by Crippen LogP contribution is -2.24. The maximum Gasteiger partial charge on any atom is 0.165 e. The summed E-state index contributed by atoms with van der Waals surface area (Å²) in [6.45, 7) is 5.18. The molecule has 0 saturated heterocycles. The summed E-state index contributed by atoms with van der Waals surface area (Å²) in [5.41, 5.74) is 2.70. The van der Waals surface area contributed by atoms with Crippen molar-refractivity contribution in [1.82, 2.24) is 4.98 Å². The van der Waals surface area contributed by atoms with Gasteiger partial charge in [-0.2, -0.15) is 0 Å². The van der Waals surface area contributed by atoms with Gasteiger partial charge in [0.1, 0.15) is 5.75 Å². The number of carbonyl (C=O) groups excluding carboxylic acids is 1. The van der Waals surface area contributed by atoms with E-state index in [0.717, 1.165) is 24.3 Å². The molecule has 2 rings (SSSR count). The minimum Gasteiger partial charge on any atom is -0.496 e. The molecule has 0 bridgehead atoms. The van der Waals surface area contributed by atoms with Crippen LogP contribution in [0.3, 0.4) is 0 Å². The van der Waals surface area contributed by atoms with Gasteiger partial charge in [0.2, 0.25) is 0 Å². The molecule has 1 aromatic heterocycles. The quantitative estimate of drug-likeness (QED) is 0.763. The maximum atomic E-state index is 12.0. The van der Waals surface area contributed by atoms with Crippen LogP contribution in [0.1, 0.15) is 29.8 Å². The zero-order chi connectivity index (χ0) is 15.2. The van der Waals surface area contributed by atoms with E-state index in [4.69, 9.17) is 4.74 Å². The van der Waals surface area contributed by atoms with Gasteiger partial charge >= 0.3 is 0 Å². The number of nitrogens with zero attached hydrogens (tertiary/aromatic N) is 2. The highest BCUT2D eigenvalue weighted by atomic mass is 16.5. The van der Waals surface area contributed by atoms with Crippen molar-refractivity contribution in [2.45, 2.75) is 20.4 Å². The Morgan fingerprint density at radius 3 is 2.52 bits per heavy atom. The Morgan fingerprint density at radius 2 is 1.95 bits per heavy atom. The highest BCUT2D eigenvalue weighted by Crippen LogP contribution is 2.30. The van der Waals surface area contributed by atoms with Crippen molar-refractivity contribution >= 4 is 11.5 Å². The Hall–Kier alpha value is -2.36. The van der Waals surface area contributed by atoms with Gasteiger partial charge in [0.25, 0.3) is 0 Å². The van der Waals surface area contributed by atoms with Crippen molar-refractivity contribution in [2.75, 3.05) is 18.6 Å². The second-order valence-corrected chi connectivity index (χ2v) is 4.78. The number of ether oxygens (including phenoxy) is 1.